The van der Waals surface area contributed by atoms with Crippen molar-refractivity contribution in [2.24, 2.45) is 0 Å². The van der Waals surface area contributed by atoms with Crippen molar-refractivity contribution in [1.82, 2.24) is 15.2 Å². The summed E-state index contributed by atoms with van der Waals surface area (Å²) in [6, 6.07) is 14.4. The number of piperazine rings is 1. The monoisotopic (exact) mass is 277 g/mol. The minimum Gasteiger partial charge on any atom is -0.362 e. The number of pyridine rings is 1. The summed E-state index contributed by atoms with van der Waals surface area (Å²) in [5, 5.41) is 3.37. The predicted octanol–water partition coefficient (Wildman–Crippen LogP) is 2.78. The van der Waals surface area contributed by atoms with E-state index in [0.29, 0.717) is 0 Å². The van der Waals surface area contributed by atoms with Gasteiger partial charge in [0.05, 0.1) is 11.4 Å². The summed E-state index contributed by atoms with van der Waals surface area (Å²) in [7, 11) is 0. The van der Waals surface area contributed by atoms with E-state index in [9.17, 15) is 0 Å². The van der Waals surface area contributed by atoms with Crippen LogP contribution < -0.4 is 5.32 Å². The molecule has 0 amide bonds. The Morgan fingerprint density at radius 3 is 2.62 bits per heavy atom. The Bertz CT molecular complexity index is 651. The second-order valence-corrected chi connectivity index (χ2v) is 5.06. The predicted molar refractivity (Wildman–Crippen MR) is 86.7 cm³/mol. The van der Waals surface area contributed by atoms with E-state index >= 15 is 0 Å². The summed E-state index contributed by atoms with van der Waals surface area (Å²) in [5.41, 5.74) is 7.41. The average molecular weight is 277 g/mol. The zero-order chi connectivity index (χ0) is 14.5. The molecule has 1 aliphatic rings. The van der Waals surface area contributed by atoms with Crippen LogP contribution in [-0.2, 0) is 0 Å². The Morgan fingerprint density at radius 1 is 1.14 bits per heavy atom. The highest BCUT2D eigenvalue weighted by molar-refractivity contribution is 5.69. The summed E-state index contributed by atoms with van der Waals surface area (Å²) in [4.78, 5) is 6.81. The highest BCUT2D eigenvalue weighted by Gasteiger charge is 2.14. The molecule has 3 heteroatoms. The molecule has 1 N–H and O–H groups in total. The van der Waals surface area contributed by atoms with Crippen LogP contribution in [0.3, 0.4) is 0 Å². The van der Waals surface area contributed by atoms with Gasteiger partial charge in [-0.05, 0) is 12.1 Å². The number of aromatic nitrogens is 1. The molecule has 2 heterocycles. The van der Waals surface area contributed by atoms with E-state index in [4.69, 9.17) is 0 Å². The van der Waals surface area contributed by atoms with Crippen LogP contribution in [0.25, 0.3) is 17.0 Å². The van der Waals surface area contributed by atoms with E-state index < -0.39 is 0 Å². The maximum atomic E-state index is 4.48. The number of hydrogen-bond acceptors (Lipinski definition) is 3. The molecule has 0 unspecified atom stereocenters. The molecule has 1 aromatic carbocycles. The largest absolute Gasteiger partial charge is 0.362 e. The molecule has 0 spiro atoms. The second kappa shape index (κ2) is 6.40. The molecular formula is C18H19N3. The van der Waals surface area contributed by atoms with E-state index in [1.807, 2.05) is 30.5 Å². The molecular weight excluding hydrogens is 258 g/mol. The Balaban J connectivity index is 1.93. The Morgan fingerprint density at radius 2 is 1.90 bits per heavy atom. The molecule has 3 rings (SSSR count). The molecule has 2 aromatic rings. The SMILES string of the molecule is C=C=C(c1ccnc(-c2ccccc2)c1)N1CCNCC1. The topological polar surface area (TPSA) is 28.2 Å². The lowest BCUT2D eigenvalue weighted by atomic mass is 10.1. The summed E-state index contributed by atoms with van der Waals surface area (Å²) >= 11 is 0. The maximum absolute atomic E-state index is 4.48. The van der Waals surface area contributed by atoms with Crippen molar-refractivity contribution >= 4 is 5.70 Å². The van der Waals surface area contributed by atoms with Gasteiger partial charge in [0.15, 0.2) is 0 Å². The van der Waals surface area contributed by atoms with Crippen LogP contribution >= 0.6 is 0 Å². The van der Waals surface area contributed by atoms with Gasteiger partial charge >= 0.3 is 0 Å². The first-order valence-corrected chi connectivity index (χ1v) is 7.26. The number of hydrogen-bond donors (Lipinski definition) is 1. The van der Waals surface area contributed by atoms with Gasteiger partial charge in [-0.2, -0.15) is 0 Å². The highest BCUT2D eigenvalue weighted by atomic mass is 15.2. The lowest BCUT2D eigenvalue weighted by Gasteiger charge is -2.30. The van der Waals surface area contributed by atoms with Crippen molar-refractivity contribution in [1.29, 1.82) is 0 Å². The van der Waals surface area contributed by atoms with E-state index in [1.54, 1.807) is 0 Å². The lowest BCUT2D eigenvalue weighted by Crippen LogP contribution is -2.42. The van der Waals surface area contributed by atoms with Crippen molar-refractivity contribution in [3.63, 3.8) is 0 Å². The third-order valence-electron chi connectivity index (χ3n) is 3.70. The molecule has 0 radical (unpaired) electrons. The van der Waals surface area contributed by atoms with E-state index in [0.717, 1.165) is 48.7 Å². The summed E-state index contributed by atoms with van der Waals surface area (Å²) < 4.78 is 0. The summed E-state index contributed by atoms with van der Waals surface area (Å²) in [6.45, 7) is 7.85. The fourth-order valence-electron chi connectivity index (χ4n) is 2.63. The van der Waals surface area contributed by atoms with Gasteiger partial charge in [0.1, 0.15) is 0 Å². The van der Waals surface area contributed by atoms with Crippen LogP contribution in [0.2, 0.25) is 0 Å². The van der Waals surface area contributed by atoms with Gasteiger partial charge in [-0.1, -0.05) is 36.9 Å². The summed E-state index contributed by atoms with van der Waals surface area (Å²) in [6.07, 6.45) is 1.86. The Labute approximate surface area is 125 Å². The van der Waals surface area contributed by atoms with E-state index in [2.05, 4.69) is 45.7 Å². The molecule has 1 fully saturated rings. The Hall–Kier alpha value is -2.35. The van der Waals surface area contributed by atoms with Crippen molar-refractivity contribution < 1.29 is 0 Å². The van der Waals surface area contributed by atoms with Gasteiger partial charge in [0.2, 0.25) is 0 Å². The van der Waals surface area contributed by atoms with Gasteiger partial charge in [-0.15, -0.1) is 5.73 Å². The maximum Gasteiger partial charge on any atom is 0.0869 e. The molecule has 0 bridgehead atoms. The van der Waals surface area contributed by atoms with Crippen molar-refractivity contribution in [3.8, 4) is 11.3 Å². The minimum atomic E-state index is 0.982. The van der Waals surface area contributed by atoms with Gasteiger partial charge in [-0.3, -0.25) is 4.98 Å². The van der Waals surface area contributed by atoms with Crippen molar-refractivity contribution in [2.75, 3.05) is 26.2 Å². The van der Waals surface area contributed by atoms with Crippen LogP contribution in [0, 0.1) is 0 Å². The second-order valence-electron chi connectivity index (χ2n) is 5.06. The molecule has 21 heavy (non-hydrogen) atoms. The molecule has 1 saturated heterocycles. The highest BCUT2D eigenvalue weighted by Crippen LogP contribution is 2.23. The number of rotatable bonds is 3. The fraction of sp³-hybridized carbons (Fsp3) is 0.222. The van der Waals surface area contributed by atoms with Crippen LogP contribution in [-0.4, -0.2) is 36.1 Å². The molecule has 1 aromatic heterocycles. The molecule has 106 valence electrons. The number of nitrogens with zero attached hydrogens (tertiary/aromatic N) is 2. The van der Waals surface area contributed by atoms with E-state index in [1.165, 1.54) is 0 Å². The van der Waals surface area contributed by atoms with Gasteiger partial charge < -0.3 is 10.2 Å². The standard InChI is InChI=1S/C18H19N3/c1-2-18(21-12-10-19-11-13-21)16-8-9-20-17(14-16)15-6-4-3-5-7-15/h3-9,14,19H,1,10-13H2. The van der Waals surface area contributed by atoms with Crippen LogP contribution in [0.1, 0.15) is 5.56 Å². The van der Waals surface area contributed by atoms with Gasteiger partial charge in [0.25, 0.3) is 0 Å². The lowest BCUT2D eigenvalue weighted by molar-refractivity contribution is 0.341. The fourth-order valence-corrected chi connectivity index (χ4v) is 2.63. The first-order valence-electron chi connectivity index (χ1n) is 7.26. The van der Waals surface area contributed by atoms with Crippen LogP contribution in [0.15, 0.2) is 61.0 Å². The number of benzene rings is 1. The van der Waals surface area contributed by atoms with Crippen LogP contribution in [0.5, 0.6) is 0 Å². The molecule has 0 atom stereocenters. The zero-order valence-corrected chi connectivity index (χ0v) is 12.0. The third-order valence-corrected chi connectivity index (χ3v) is 3.70. The number of nitrogens with one attached hydrogen (secondary N) is 1. The van der Waals surface area contributed by atoms with E-state index in [-0.39, 0.29) is 0 Å². The Kier molecular flexibility index (Phi) is 4.15. The summed E-state index contributed by atoms with van der Waals surface area (Å²) in [5.74, 6) is 0. The normalized spacial score (nSPS) is 14.6. The van der Waals surface area contributed by atoms with Crippen molar-refractivity contribution in [3.05, 3.63) is 66.5 Å². The first kappa shape index (κ1) is 13.6. The van der Waals surface area contributed by atoms with Gasteiger partial charge in [0, 0.05) is 43.5 Å². The molecule has 1 aliphatic heterocycles. The molecule has 3 nitrogen and oxygen atoms in total. The van der Waals surface area contributed by atoms with Crippen LogP contribution in [0.4, 0.5) is 0 Å². The third kappa shape index (κ3) is 3.05. The average Bonchev–Trinajstić information content (AvgIpc) is 2.58. The minimum absolute atomic E-state index is 0.982. The zero-order valence-electron chi connectivity index (χ0n) is 12.0. The first-order chi connectivity index (χ1) is 10.4. The van der Waals surface area contributed by atoms with Crippen molar-refractivity contribution in [2.45, 2.75) is 0 Å². The molecule has 0 saturated carbocycles. The quantitative estimate of drug-likeness (QED) is 0.874. The molecule has 0 aliphatic carbocycles. The van der Waals surface area contributed by atoms with Gasteiger partial charge in [-0.25, -0.2) is 0 Å². The smallest absolute Gasteiger partial charge is 0.0869 e.